The predicted octanol–water partition coefficient (Wildman–Crippen LogP) is 2.67. The Bertz CT molecular complexity index is 757. The molecule has 1 aromatic heterocycles. The van der Waals surface area contributed by atoms with Crippen molar-refractivity contribution in [2.24, 2.45) is 0 Å². The lowest BCUT2D eigenvalue weighted by Gasteiger charge is -2.16. The van der Waals surface area contributed by atoms with Gasteiger partial charge in [-0.25, -0.2) is 0 Å². The fourth-order valence-corrected chi connectivity index (χ4v) is 2.32. The molecule has 0 saturated carbocycles. The van der Waals surface area contributed by atoms with Crippen molar-refractivity contribution in [1.29, 1.82) is 0 Å². The highest BCUT2D eigenvalue weighted by Crippen LogP contribution is 2.21. The predicted molar refractivity (Wildman–Crippen MR) is 77.9 cm³/mol. The van der Waals surface area contributed by atoms with Crippen molar-refractivity contribution in [2.75, 3.05) is 0 Å². The van der Waals surface area contributed by atoms with Gasteiger partial charge in [0.25, 0.3) is 5.56 Å². The lowest BCUT2D eigenvalue weighted by molar-refractivity contribution is 0.101. The van der Waals surface area contributed by atoms with E-state index < -0.39 is 11.3 Å². The van der Waals surface area contributed by atoms with E-state index >= 15 is 0 Å². The van der Waals surface area contributed by atoms with Crippen molar-refractivity contribution >= 4 is 5.78 Å². The molecule has 1 heterocycles. The van der Waals surface area contributed by atoms with Gasteiger partial charge in [0, 0.05) is 11.8 Å². The topological polar surface area (TPSA) is 59.3 Å². The summed E-state index contributed by atoms with van der Waals surface area (Å²) >= 11 is 0. The van der Waals surface area contributed by atoms with Gasteiger partial charge in [-0.15, -0.1) is 0 Å². The molecule has 2 rings (SSSR count). The van der Waals surface area contributed by atoms with Crippen molar-refractivity contribution in [3.8, 4) is 11.4 Å². The average Bonchev–Trinajstić information content (AvgIpc) is 2.33. The second-order valence-electron chi connectivity index (χ2n) is 4.96. The first-order chi connectivity index (χ1) is 9.34. The molecule has 0 unspecified atom stereocenters. The number of nitrogens with zero attached hydrogens (tertiary/aromatic N) is 1. The Morgan fingerprint density at radius 3 is 2.45 bits per heavy atom. The smallest absolute Gasteiger partial charge is 0.269 e. The third-order valence-corrected chi connectivity index (χ3v) is 3.54. The molecular weight excluding hydrogens is 254 g/mol. The molecule has 0 fully saturated rings. The standard InChI is InChI=1S/C16H17NO3/c1-9-6-5-7-13(11(9)3)17-10(2)8-14(19)15(12(4)18)16(17)20/h5-8,19H,1-4H3. The molecule has 0 spiro atoms. The monoisotopic (exact) mass is 271 g/mol. The summed E-state index contributed by atoms with van der Waals surface area (Å²) in [5, 5.41) is 9.80. The van der Waals surface area contributed by atoms with E-state index in [-0.39, 0.29) is 11.3 Å². The first-order valence-electron chi connectivity index (χ1n) is 6.37. The van der Waals surface area contributed by atoms with E-state index in [4.69, 9.17) is 0 Å². The van der Waals surface area contributed by atoms with Gasteiger partial charge in [-0.05, 0) is 44.9 Å². The summed E-state index contributed by atoms with van der Waals surface area (Å²) in [6.45, 7) is 6.90. The van der Waals surface area contributed by atoms with Crippen molar-refractivity contribution in [3.63, 3.8) is 0 Å². The summed E-state index contributed by atoms with van der Waals surface area (Å²) in [5.41, 5.74) is 2.70. The van der Waals surface area contributed by atoms with E-state index in [1.807, 2.05) is 32.0 Å². The van der Waals surface area contributed by atoms with Crippen LogP contribution in [-0.2, 0) is 0 Å². The van der Waals surface area contributed by atoms with Crippen LogP contribution in [0.2, 0.25) is 0 Å². The van der Waals surface area contributed by atoms with Crippen LogP contribution in [0.25, 0.3) is 5.69 Å². The number of carbonyl (C=O) groups excluding carboxylic acids is 1. The maximum absolute atomic E-state index is 12.5. The second kappa shape index (κ2) is 4.96. The molecule has 0 radical (unpaired) electrons. The molecule has 0 aliphatic rings. The molecule has 0 amide bonds. The molecular formula is C16H17NO3. The van der Waals surface area contributed by atoms with E-state index in [1.165, 1.54) is 17.6 Å². The SMILES string of the molecule is CC(=O)c1c(O)cc(C)n(-c2cccc(C)c2C)c1=O. The van der Waals surface area contributed by atoms with Crippen LogP contribution >= 0.6 is 0 Å². The second-order valence-corrected chi connectivity index (χ2v) is 4.96. The molecule has 0 aliphatic carbocycles. The molecule has 4 heteroatoms. The van der Waals surface area contributed by atoms with Crippen LogP contribution in [-0.4, -0.2) is 15.5 Å². The number of hydrogen-bond donors (Lipinski definition) is 1. The Labute approximate surface area is 117 Å². The van der Waals surface area contributed by atoms with Gasteiger partial charge in [0.2, 0.25) is 0 Å². The molecule has 0 bridgehead atoms. The minimum atomic E-state index is -0.483. The number of rotatable bonds is 2. The Morgan fingerprint density at radius 1 is 1.20 bits per heavy atom. The molecule has 1 aromatic carbocycles. The fraction of sp³-hybridized carbons (Fsp3) is 0.250. The minimum Gasteiger partial charge on any atom is -0.507 e. The molecule has 2 aromatic rings. The average molecular weight is 271 g/mol. The van der Waals surface area contributed by atoms with Crippen LogP contribution in [0.3, 0.4) is 0 Å². The number of aryl methyl sites for hydroxylation is 2. The number of aromatic hydroxyl groups is 1. The zero-order valence-electron chi connectivity index (χ0n) is 12.0. The first-order valence-corrected chi connectivity index (χ1v) is 6.37. The van der Waals surface area contributed by atoms with E-state index in [0.29, 0.717) is 5.69 Å². The molecule has 0 aliphatic heterocycles. The maximum atomic E-state index is 12.5. The number of ketones is 1. The number of hydrogen-bond acceptors (Lipinski definition) is 3. The number of aromatic nitrogens is 1. The Hall–Kier alpha value is -2.36. The number of benzene rings is 1. The normalized spacial score (nSPS) is 10.6. The quantitative estimate of drug-likeness (QED) is 0.854. The number of pyridine rings is 1. The number of carbonyl (C=O) groups is 1. The largest absolute Gasteiger partial charge is 0.507 e. The van der Waals surface area contributed by atoms with E-state index in [2.05, 4.69) is 0 Å². The minimum absolute atomic E-state index is 0.170. The summed E-state index contributed by atoms with van der Waals surface area (Å²) in [6, 6.07) is 7.10. The van der Waals surface area contributed by atoms with Crippen molar-refractivity contribution in [2.45, 2.75) is 27.7 Å². The molecule has 4 nitrogen and oxygen atoms in total. The highest BCUT2D eigenvalue weighted by molar-refractivity contribution is 5.96. The summed E-state index contributed by atoms with van der Waals surface area (Å²) in [4.78, 5) is 24.1. The lowest BCUT2D eigenvalue weighted by atomic mass is 10.1. The van der Waals surface area contributed by atoms with Gasteiger partial charge in [-0.1, -0.05) is 12.1 Å². The summed E-state index contributed by atoms with van der Waals surface area (Å²) in [5.74, 6) is -0.701. The zero-order valence-corrected chi connectivity index (χ0v) is 12.0. The first kappa shape index (κ1) is 14.1. The lowest BCUT2D eigenvalue weighted by Crippen LogP contribution is -2.26. The Morgan fingerprint density at radius 2 is 1.85 bits per heavy atom. The van der Waals surface area contributed by atoms with Gasteiger partial charge in [-0.2, -0.15) is 0 Å². The van der Waals surface area contributed by atoms with E-state index in [1.54, 1.807) is 6.92 Å². The third-order valence-electron chi connectivity index (χ3n) is 3.54. The van der Waals surface area contributed by atoms with Crippen LogP contribution in [0, 0.1) is 20.8 Å². The molecule has 0 atom stereocenters. The van der Waals surface area contributed by atoms with E-state index in [9.17, 15) is 14.7 Å². The molecule has 20 heavy (non-hydrogen) atoms. The highest BCUT2D eigenvalue weighted by atomic mass is 16.3. The van der Waals surface area contributed by atoms with Crippen molar-refractivity contribution in [3.05, 3.63) is 57.0 Å². The molecule has 1 N–H and O–H groups in total. The van der Waals surface area contributed by atoms with Crippen molar-refractivity contribution in [1.82, 2.24) is 4.57 Å². The van der Waals surface area contributed by atoms with Gasteiger partial charge in [0.1, 0.15) is 11.3 Å². The number of Topliss-reactive ketones (excluding diaryl/α,β-unsaturated/α-hetero) is 1. The van der Waals surface area contributed by atoms with Crippen LogP contribution in [0.15, 0.2) is 29.1 Å². The van der Waals surface area contributed by atoms with Gasteiger partial charge in [-0.3, -0.25) is 14.2 Å². The van der Waals surface area contributed by atoms with Crippen molar-refractivity contribution < 1.29 is 9.90 Å². The van der Waals surface area contributed by atoms with Gasteiger partial charge in [0.15, 0.2) is 5.78 Å². The van der Waals surface area contributed by atoms with Crippen LogP contribution in [0.1, 0.15) is 34.1 Å². The van der Waals surface area contributed by atoms with Gasteiger partial charge < -0.3 is 5.11 Å². The van der Waals surface area contributed by atoms with Crippen LogP contribution in [0.5, 0.6) is 5.75 Å². The maximum Gasteiger partial charge on any atom is 0.269 e. The fourth-order valence-electron chi connectivity index (χ4n) is 2.32. The van der Waals surface area contributed by atoms with Crippen LogP contribution < -0.4 is 5.56 Å². The van der Waals surface area contributed by atoms with Gasteiger partial charge >= 0.3 is 0 Å². The van der Waals surface area contributed by atoms with Crippen LogP contribution in [0.4, 0.5) is 0 Å². The summed E-state index contributed by atoms with van der Waals surface area (Å²) in [7, 11) is 0. The van der Waals surface area contributed by atoms with Gasteiger partial charge in [0.05, 0.1) is 5.69 Å². The van der Waals surface area contributed by atoms with E-state index in [0.717, 1.165) is 16.8 Å². The third kappa shape index (κ3) is 2.13. The Kier molecular flexibility index (Phi) is 3.49. The Balaban J connectivity index is 2.88. The highest BCUT2D eigenvalue weighted by Gasteiger charge is 2.18. The summed E-state index contributed by atoms with van der Waals surface area (Å²) < 4.78 is 1.47. The summed E-state index contributed by atoms with van der Waals surface area (Å²) in [6.07, 6.45) is 0. The zero-order chi connectivity index (χ0) is 15.0. The molecule has 0 saturated heterocycles. The molecule has 104 valence electrons.